The molecule has 1 saturated heterocycles. The molecule has 1 aliphatic rings. The lowest BCUT2D eigenvalue weighted by atomic mass is 10.1. The second kappa shape index (κ2) is 4.94. The zero-order valence-corrected chi connectivity index (χ0v) is 10.6. The van der Waals surface area contributed by atoms with Crippen LogP contribution in [0.4, 0.5) is 5.69 Å². The van der Waals surface area contributed by atoms with Crippen LogP contribution in [0.1, 0.15) is 24.8 Å². The highest BCUT2D eigenvalue weighted by atomic mass is 15.1. The van der Waals surface area contributed by atoms with Gasteiger partial charge < -0.3 is 10.6 Å². The Balaban J connectivity index is 2.05. The number of nitrogens with two attached hydrogens (primary N) is 1. The lowest BCUT2D eigenvalue weighted by Crippen LogP contribution is -2.29. The normalized spacial score (nSPS) is 16.2. The highest BCUT2D eigenvalue weighted by Crippen LogP contribution is 2.27. The number of hydrogen-bond donors (Lipinski definition) is 1. The quantitative estimate of drug-likeness (QED) is 0.879. The van der Waals surface area contributed by atoms with E-state index in [0.717, 1.165) is 24.2 Å². The largest absolute Gasteiger partial charge is 0.370 e. The smallest absolute Gasteiger partial charge is 0.0935 e. The summed E-state index contributed by atoms with van der Waals surface area (Å²) in [4.78, 5) is 7.06. The van der Waals surface area contributed by atoms with Crippen LogP contribution in [0.25, 0.3) is 10.9 Å². The molecule has 0 atom stereocenters. The number of anilines is 1. The average Bonchev–Trinajstić information content (AvgIpc) is 2.47. The minimum atomic E-state index is 0.552. The molecular weight excluding hydrogens is 222 g/mol. The van der Waals surface area contributed by atoms with Gasteiger partial charge >= 0.3 is 0 Å². The van der Waals surface area contributed by atoms with E-state index in [2.05, 4.69) is 34.1 Å². The van der Waals surface area contributed by atoms with Gasteiger partial charge in [0.1, 0.15) is 0 Å². The van der Waals surface area contributed by atoms with Crippen molar-refractivity contribution in [2.24, 2.45) is 5.73 Å². The van der Waals surface area contributed by atoms with Crippen molar-refractivity contribution in [2.45, 2.75) is 25.8 Å². The van der Waals surface area contributed by atoms with Crippen molar-refractivity contribution in [1.82, 2.24) is 4.98 Å². The molecule has 1 fully saturated rings. The third-order valence-corrected chi connectivity index (χ3v) is 3.68. The van der Waals surface area contributed by atoms with Crippen LogP contribution in [0.15, 0.2) is 30.5 Å². The topological polar surface area (TPSA) is 42.1 Å². The van der Waals surface area contributed by atoms with Crippen molar-refractivity contribution in [3.05, 3.63) is 36.0 Å². The predicted molar refractivity (Wildman–Crippen MR) is 75.7 cm³/mol. The van der Waals surface area contributed by atoms with Gasteiger partial charge in [-0.05, 0) is 37.0 Å². The molecule has 18 heavy (non-hydrogen) atoms. The van der Waals surface area contributed by atoms with Crippen molar-refractivity contribution in [3.8, 4) is 0 Å². The Kier molecular flexibility index (Phi) is 3.15. The van der Waals surface area contributed by atoms with Crippen LogP contribution in [-0.4, -0.2) is 18.1 Å². The van der Waals surface area contributed by atoms with E-state index in [-0.39, 0.29) is 0 Å². The van der Waals surface area contributed by atoms with E-state index in [0.29, 0.717) is 6.54 Å². The average molecular weight is 241 g/mol. The van der Waals surface area contributed by atoms with E-state index >= 15 is 0 Å². The molecule has 0 aliphatic carbocycles. The molecule has 3 nitrogen and oxygen atoms in total. The first-order valence-electron chi connectivity index (χ1n) is 6.71. The molecule has 0 saturated carbocycles. The van der Waals surface area contributed by atoms with Crippen LogP contribution < -0.4 is 10.6 Å². The number of pyridine rings is 1. The predicted octanol–water partition coefficient (Wildman–Crippen LogP) is 2.68. The van der Waals surface area contributed by atoms with Gasteiger partial charge in [-0.1, -0.05) is 12.1 Å². The van der Waals surface area contributed by atoms with Crippen LogP contribution >= 0.6 is 0 Å². The molecule has 94 valence electrons. The van der Waals surface area contributed by atoms with Gasteiger partial charge in [0.15, 0.2) is 0 Å². The molecule has 0 bridgehead atoms. The van der Waals surface area contributed by atoms with Gasteiger partial charge in [-0.15, -0.1) is 0 Å². The summed E-state index contributed by atoms with van der Waals surface area (Å²) in [6.07, 6.45) is 5.83. The molecule has 3 heteroatoms. The Morgan fingerprint density at radius 2 is 2.00 bits per heavy atom. The van der Waals surface area contributed by atoms with Gasteiger partial charge in [-0.3, -0.25) is 4.98 Å². The molecule has 3 rings (SSSR count). The van der Waals surface area contributed by atoms with Crippen LogP contribution in [0, 0.1) is 0 Å². The maximum Gasteiger partial charge on any atom is 0.0935 e. The summed E-state index contributed by atoms with van der Waals surface area (Å²) in [5.74, 6) is 0. The molecule has 0 spiro atoms. The molecule has 1 aromatic heterocycles. The molecule has 2 heterocycles. The first kappa shape index (κ1) is 11.5. The second-order valence-electron chi connectivity index (χ2n) is 4.94. The third kappa shape index (κ3) is 2.06. The Morgan fingerprint density at radius 1 is 1.17 bits per heavy atom. The second-order valence-corrected chi connectivity index (χ2v) is 4.94. The number of fused-ring (bicyclic) bond motifs is 1. The SMILES string of the molecule is NCc1cnc2c(N3CCCCC3)cccc2c1. The van der Waals surface area contributed by atoms with Gasteiger partial charge in [0, 0.05) is 31.2 Å². The maximum atomic E-state index is 5.67. The molecular formula is C15H19N3. The minimum absolute atomic E-state index is 0.552. The summed E-state index contributed by atoms with van der Waals surface area (Å²) in [7, 11) is 0. The molecule has 0 amide bonds. The number of aromatic nitrogens is 1. The highest BCUT2D eigenvalue weighted by Gasteiger charge is 2.14. The summed E-state index contributed by atoms with van der Waals surface area (Å²) in [6.45, 7) is 2.86. The molecule has 1 aliphatic heterocycles. The summed E-state index contributed by atoms with van der Waals surface area (Å²) < 4.78 is 0. The lowest BCUT2D eigenvalue weighted by Gasteiger charge is -2.29. The number of nitrogens with zero attached hydrogens (tertiary/aromatic N) is 2. The van der Waals surface area contributed by atoms with E-state index < -0.39 is 0 Å². The standard InChI is InChI=1S/C15H19N3/c16-10-12-9-13-5-4-6-14(15(13)17-11-12)18-7-2-1-3-8-18/h4-6,9,11H,1-3,7-8,10,16H2. The zero-order valence-electron chi connectivity index (χ0n) is 10.6. The van der Waals surface area contributed by atoms with Gasteiger partial charge in [0.25, 0.3) is 0 Å². The number of benzene rings is 1. The lowest BCUT2D eigenvalue weighted by molar-refractivity contribution is 0.579. The molecule has 2 N–H and O–H groups in total. The molecule has 1 aromatic carbocycles. The number of rotatable bonds is 2. The number of para-hydroxylation sites is 1. The van der Waals surface area contributed by atoms with E-state index in [9.17, 15) is 0 Å². The van der Waals surface area contributed by atoms with E-state index in [1.165, 1.54) is 30.3 Å². The maximum absolute atomic E-state index is 5.67. The monoisotopic (exact) mass is 241 g/mol. The molecule has 0 unspecified atom stereocenters. The minimum Gasteiger partial charge on any atom is -0.370 e. The summed E-state index contributed by atoms with van der Waals surface area (Å²) in [5.41, 5.74) is 9.15. The van der Waals surface area contributed by atoms with Crippen LogP contribution in [0.5, 0.6) is 0 Å². The first-order chi connectivity index (χ1) is 8.88. The summed E-state index contributed by atoms with van der Waals surface area (Å²) in [5, 5.41) is 1.20. The highest BCUT2D eigenvalue weighted by molar-refractivity contribution is 5.91. The van der Waals surface area contributed by atoms with Gasteiger partial charge in [-0.25, -0.2) is 0 Å². The van der Waals surface area contributed by atoms with Gasteiger partial charge in [0.2, 0.25) is 0 Å². The van der Waals surface area contributed by atoms with Crippen molar-refractivity contribution < 1.29 is 0 Å². The van der Waals surface area contributed by atoms with Crippen LogP contribution in [-0.2, 0) is 6.54 Å². The summed E-state index contributed by atoms with van der Waals surface area (Å²) in [6, 6.07) is 8.57. The van der Waals surface area contributed by atoms with Gasteiger partial charge in [-0.2, -0.15) is 0 Å². The van der Waals surface area contributed by atoms with E-state index in [1.807, 2.05) is 6.20 Å². The van der Waals surface area contributed by atoms with Crippen LogP contribution in [0.2, 0.25) is 0 Å². The number of piperidine rings is 1. The third-order valence-electron chi connectivity index (χ3n) is 3.68. The Bertz CT molecular complexity index is 544. The number of hydrogen-bond acceptors (Lipinski definition) is 3. The first-order valence-corrected chi connectivity index (χ1v) is 6.71. The molecule has 0 radical (unpaired) electrons. The van der Waals surface area contributed by atoms with E-state index in [1.54, 1.807) is 0 Å². The van der Waals surface area contributed by atoms with Crippen molar-refractivity contribution in [1.29, 1.82) is 0 Å². The van der Waals surface area contributed by atoms with Crippen molar-refractivity contribution in [2.75, 3.05) is 18.0 Å². The van der Waals surface area contributed by atoms with Gasteiger partial charge in [0.05, 0.1) is 11.2 Å². The van der Waals surface area contributed by atoms with E-state index in [4.69, 9.17) is 5.73 Å². The van der Waals surface area contributed by atoms with Crippen molar-refractivity contribution >= 4 is 16.6 Å². The Labute approximate surface area is 108 Å². The zero-order chi connectivity index (χ0) is 12.4. The Morgan fingerprint density at radius 3 is 2.78 bits per heavy atom. The molecule has 2 aromatic rings. The van der Waals surface area contributed by atoms with Crippen LogP contribution in [0.3, 0.4) is 0 Å². The fraction of sp³-hybridized carbons (Fsp3) is 0.400. The fourth-order valence-corrected chi connectivity index (χ4v) is 2.69. The Hall–Kier alpha value is -1.61. The fourth-order valence-electron chi connectivity index (χ4n) is 2.69. The van der Waals surface area contributed by atoms with Crippen molar-refractivity contribution in [3.63, 3.8) is 0 Å². The summed E-state index contributed by atoms with van der Waals surface area (Å²) >= 11 is 0.